The van der Waals surface area contributed by atoms with Crippen LogP contribution in [0, 0.1) is 21.8 Å². The summed E-state index contributed by atoms with van der Waals surface area (Å²) in [6.45, 7) is 9.54. The molecule has 4 rings (SSSR count). The number of nitrogens with one attached hydrogen (secondary N) is 1. The molecule has 10 nitrogen and oxygen atoms in total. The number of halogens is 1. The van der Waals surface area contributed by atoms with E-state index in [1.165, 1.54) is 12.4 Å². The zero-order valence-electron chi connectivity index (χ0n) is 24.9. The van der Waals surface area contributed by atoms with Gasteiger partial charge in [-0.25, -0.2) is 9.59 Å². The van der Waals surface area contributed by atoms with Crippen molar-refractivity contribution in [2.24, 2.45) is 0 Å². The van der Waals surface area contributed by atoms with Crippen LogP contribution >= 0.6 is 0 Å². The monoisotopic (exact) mass is 840 g/mol. The van der Waals surface area contributed by atoms with Crippen LogP contribution in [-0.4, -0.2) is 59.2 Å². The molecule has 2 aromatic heterocycles. The minimum atomic E-state index is -0.529. The maximum atomic E-state index is 11.6. The summed E-state index contributed by atoms with van der Waals surface area (Å²) in [6.07, 6.45) is 5.05. The van der Waals surface area contributed by atoms with Crippen LogP contribution in [0.1, 0.15) is 48.2 Å². The van der Waals surface area contributed by atoms with Crippen LogP contribution in [0.2, 0.25) is 0 Å². The molecule has 0 bridgehead atoms. The Morgan fingerprint density at radius 3 is 2.00 bits per heavy atom. The van der Waals surface area contributed by atoms with Crippen LogP contribution < -0.4 is 22.3 Å². The van der Waals surface area contributed by atoms with E-state index in [4.69, 9.17) is 14.4 Å². The molecule has 1 aromatic carbocycles. The van der Waals surface area contributed by atoms with Gasteiger partial charge >= 0.3 is 39.1 Å². The maximum absolute atomic E-state index is 11.6. The van der Waals surface area contributed by atoms with E-state index in [0.29, 0.717) is 42.3 Å². The number of rotatable bonds is 8. The van der Waals surface area contributed by atoms with Gasteiger partial charge in [0.1, 0.15) is 6.42 Å². The van der Waals surface area contributed by atoms with Gasteiger partial charge in [0.05, 0.1) is 42.0 Å². The second-order valence-corrected chi connectivity index (χ2v) is 8.46. The van der Waals surface area contributed by atoms with Crippen LogP contribution in [0.15, 0.2) is 60.9 Å². The van der Waals surface area contributed by atoms with E-state index in [2.05, 4.69) is 26.7 Å². The molecule has 2 N–H and O–H groups in total. The average molecular weight is 842 g/mol. The maximum Gasteiger partial charge on any atom is 2.00 e. The second-order valence-electron chi connectivity index (χ2n) is 8.46. The van der Waals surface area contributed by atoms with E-state index in [1.807, 2.05) is 24.3 Å². The van der Waals surface area contributed by atoms with Crippen LogP contribution in [0.5, 0.6) is 0 Å². The number of anilines is 1. The van der Waals surface area contributed by atoms with E-state index in [9.17, 15) is 14.4 Å². The van der Waals surface area contributed by atoms with Gasteiger partial charge in [-0.15, -0.1) is 16.7 Å². The Morgan fingerprint density at radius 2 is 1.49 bits per heavy atom. The van der Waals surface area contributed by atoms with E-state index < -0.39 is 12.1 Å². The zero-order valence-corrected chi connectivity index (χ0v) is 28.8. The number of nitrogens with zero attached hydrogens (tertiary/aromatic N) is 2. The van der Waals surface area contributed by atoms with Crippen molar-refractivity contribution in [3.05, 3.63) is 99.4 Å². The normalized spacial score (nSPS) is 11.4. The first-order valence-electron chi connectivity index (χ1n) is 12.7. The molecule has 1 aliphatic heterocycles. The Kier molecular flexibility index (Phi) is 21.7. The third kappa shape index (κ3) is 14.6. The van der Waals surface area contributed by atoms with Gasteiger partial charge < -0.3 is 46.1 Å². The molecule has 238 valence electrons. The summed E-state index contributed by atoms with van der Waals surface area (Å²) in [6, 6.07) is 14.5. The smallest absolute Gasteiger partial charge is 1.00 e. The fraction of sp³-hybridized carbons (Fsp3) is 0.290. The fourth-order valence-electron chi connectivity index (χ4n) is 3.49. The van der Waals surface area contributed by atoms with Gasteiger partial charge in [0, 0.05) is 23.9 Å². The van der Waals surface area contributed by atoms with Gasteiger partial charge in [-0.3, -0.25) is 15.3 Å². The van der Waals surface area contributed by atoms with Gasteiger partial charge in [-0.1, -0.05) is 5.56 Å². The van der Waals surface area contributed by atoms with Crippen LogP contribution in [0.25, 0.3) is 11.4 Å². The number of ether oxygens (including phenoxy) is 2. The Hall–Kier alpha value is -3.27. The number of carbonyl (C=O) groups excluding carboxylic acids is 3. The molecule has 0 saturated carbocycles. The van der Waals surface area contributed by atoms with Crippen LogP contribution in [0.4, 0.5) is 10.5 Å². The molecule has 3 aromatic rings. The molecule has 0 aliphatic carbocycles. The van der Waals surface area contributed by atoms with Crippen LogP contribution in [0.3, 0.4) is 0 Å². The van der Waals surface area contributed by atoms with Crippen molar-refractivity contribution < 1.29 is 71.3 Å². The van der Waals surface area contributed by atoms with Crippen molar-refractivity contribution in [3.8, 4) is 11.4 Å². The Labute approximate surface area is 279 Å². The van der Waals surface area contributed by atoms with Crippen molar-refractivity contribution in [3.63, 3.8) is 0 Å². The van der Waals surface area contributed by atoms with Crippen molar-refractivity contribution >= 4 is 23.7 Å². The molecular formula is C31H40BrN3O7Pt. The number of esters is 1. The molecule has 0 spiro atoms. The molecule has 12 heteroatoms. The third-order valence-electron chi connectivity index (χ3n) is 5.41. The summed E-state index contributed by atoms with van der Waals surface area (Å²) in [5.74, 6) is -0.378. The first-order valence-corrected chi connectivity index (χ1v) is 12.7. The van der Waals surface area contributed by atoms with Crippen molar-refractivity contribution in [1.29, 1.82) is 0 Å². The number of aromatic nitrogens is 2. The second kappa shape index (κ2) is 22.3. The summed E-state index contributed by atoms with van der Waals surface area (Å²) in [4.78, 5) is 46.2. The molecule has 0 atom stereocenters. The zero-order chi connectivity index (χ0) is 28.0. The van der Waals surface area contributed by atoms with Crippen molar-refractivity contribution in [2.45, 2.75) is 33.1 Å². The minimum Gasteiger partial charge on any atom is -1.00 e. The van der Waals surface area contributed by atoms with E-state index in [0.717, 1.165) is 37.2 Å². The standard InChI is InChI=1S/C16H17N3O4.C13H16O3.2CH3.BrH.Pt/c1-3-22-15(20)11-5-7-13(17-9-11)14-8-6-12(10-18-14)19-16(21)23-4-2;1-11-4-6-12(7-5-11)10-13(14)15-16-8-2-3-9-16;;;;/h5-10H,3-4H2,1-2H3,(H,19,21);4-7H,1-3,8-10H2;2*1H3;1H;/q;;2*-1;;+2. The molecule has 0 radical (unpaired) electrons. The molecule has 1 fully saturated rings. The van der Waals surface area contributed by atoms with E-state index >= 15 is 0 Å². The predicted molar refractivity (Wildman–Crippen MR) is 160 cm³/mol. The summed E-state index contributed by atoms with van der Waals surface area (Å²) in [5.41, 5.74) is 4.13. The van der Waals surface area contributed by atoms with E-state index in [1.54, 1.807) is 38.1 Å². The number of hydrogen-bond acceptors (Lipinski definition) is 7. The van der Waals surface area contributed by atoms with Gasteiger partial charge in [0.2, 0.25) is 13.2 Å². The van der Waals surface area contributed by atoms with Gasteiger partial charge in [-0.2, -0.15) is 24.6 Å². The first kappa shape index (κ1) is 41.9. The number of benzene rings is 1. The number of hydrogen-bond donors (Lipinski definition) is 1. The molecule has 43 heavy (non-hydrogen) atoms. The Morgan fingerprint density at radius 1 is 0.907 bits per heavy atom. The third-order valence-corrected chi connectivity index (χ3v) is 5.41. The summed E-state index contributed by atoms with van der Waals surface area (Å²) < 4.78 is 12.3. The molecule has 0 unspecified atom stereocenters. The number of amides is 1. The summed E-state index contributed by atoms with van der Waals surface area (Å²) in [5, 5.41) is 2.55. The molecule has 3 heterocycles. The topological polar surface area (TPSA) is 124 Å². The van der Waals surface area contributed by atoms with Crippen LogP contribution in [-0.2, 0) is 46.4 Å². The number of pyridine rings is 2. The largest absolute Gasteiger partial charge is 2.00 e. The molecule has 1 aliphatic rings. The summed E-state index contributed by atoms with van der Waals surface area (Å²) >= 11 is 0. The van der Waals surface area contributed by atoms with E-state index in [-0.39, 0.29) is 58.9 Å². The Balaban J connectivity index is 0. The number of carbonyl (C=O) groups is 2. The first-order chi connectivity index (χ1) is 18.9. The van der Waals surface area contributed by atoms with Gasteiger partial charge in [0.15, 0.2) is 0 Å². The quantitative estimate of drug-likeness (QED) is 0.160. The Bertz CT molecular complexity index is 1220. The van der Waals surface area contributed by atoms with Crippen molar-refractivity contribution in [1.82, 2.24) is 9.97 Å². The fourth-order valence-corrected chi connectivity index (χ4v) is 3.49. The molecular weight excluding hydrogens is 801 g/mol. The van der Waals surface area contributed by atoms with Gasteiger partial charge in [0.25, 0.3) is 0 Å². The average Bonchev–Trinajstić information content (AvgIpc) is 3.44. The van der Waals surface area contributed by atoms with Crippen molar-refractivity contribution in [2.75, 3.05) is 31.7 Å². The predicted octanol–water partition coefficient (Wildman–Crippen LogP) is 2.98. The minimum absolute atomic E-state index is 0. The SMILES string of the molecule is CCOC(=O)Nc1ccc(-c2ccc(C(=O)OCC)cn2)nc1.[Br-].[CH2-]c1ccc(CC(=[OH+])O[O+]2CCCC2)cc1.[CH3-].[CH3-].[Pt+2]. The summed E-state index contributed by atoms with van der Waals surface area (Å²) in [7, 11) is 0. The molecule has 1 saturated heterocycles. The van der Waals surface area contributed by atoms with Gasteiger partial charge in [-0.05, 0) is 38.1 Å². The molecule has 1 amide bonds.